The van der Waals surface area contributed by atoms with Crippen molar-refractivity contribution >= 4 is 11.8 Å². The average molecular weight is 390 g/mol. The lowest BCUT2D eigenvalue weighted by Gasteiger charge is -2.34. The van der Waals surface area contributed by atoms with Gasteiger partial charge in [-0.1, -0.05) is 13.8 Å². The molecule has 0 spiro atoms. The highest BCUT2D eigenvalue weighted by Crippen LogP contribution is 2.19. The molecule has 2 amide bonds. The van der Waals surface area contributed by atoms with Crippen LogP contribution in [0.5, 0.6) is 0 Å². The van der Waals surface area contributed by atoms with Gasteiger partial charge in [-0.05, 0) is 44.6 Å². The van der Waals surface area contributed by atoms with E-state index in [9.17, 15) is 9.59 Å². The molecular formula is C21H35N5O2. The van der Waals surface area contributed by atoms with Gasteiger partial charge < -0.3 is 10.2 Å². The first kappa shape index (κ1) is 20.8. The highest BCUT2D eigenvalue weighted by atomic mass is 16.2. The predicted molar refractivity (Wildman–Crippen MR) is 109 cm³/mol. The molecule has 0 bridgehead atoms. The van der Waals surface area contributed by atoms with Gasteiger partial charge in [-0.15, -0.1) is 0 Å². The Bertz CT molecular complexity index is 700. The monoisotopic (exact) mass is 389 g/mol. The van der Waals surface area contributed by atoms with Crippen LogP contribution in [-0.2, 0) is 22.6 Å². The summed E-state index contributed by atoms with van der Waals surface area (Å²) in [6.45, 7) is 12.8. The standard InChI is InChI=1S/C21H35N5O2/c1-15(2)13-26-17(4)19(16(3)23-26)7-8-21(28)25-11-9-24(10-12-25)14-20(27)22-18-5-6-18/h15,18H,5-14H2,1-4H3,(H,22,27). The number of nitrogens with zero attached hydrogens (tertiary/aromatic N) is 4. The molecule has 1 aliphatic carbocycles. The summed E-state index contributed by atoms with van der Waals surface area (Å²) >= 11 is 0. The molecule has 0 atom stereocenters. The van der Waals surface area contributed by atoms with E-state index in [1.165, 1.54) is 11.3 Å². The van der Waals surface area contributed by atoms with Gasteiger partial charge in [-0.2, -0.15) is 5.10 Å². The molecule has 1 saturated carbocycles. The number of hydrogen-bond donors (Lipinski definition) is 1. The van der Waals surface area contributed by atoms with Gasteiger partial charge in [-0.25, -0.2) is 0 Å². The summed E-state index contributed by atoms with van der Waals surface area (Å²) in [6.07, 6.45) is 3.50. The Balaban J connectivity index is 1.43. The molecule has 1 aromatic rings. The lowest BCUT2D eigenvalue weighted by atomic mass is 10.1. The van der Waals surface area contributed by atoms with Crippen LogP contribution in [0, 0.1) is 19.8 Å². The second-order valence-corrected chi connectivity index (χ2v) is 8.72. The van der Waals surface area contributed by atoms with Gasteiger partial charge in [-0.3, -0.25) is 19.2 Å². The van der Waals surface area contributed by atoms with Crippen molar-refractivity contribution in [1.82, 2.24) is 24.9 Å². The quantitative estimate of drug-likeness (QED) is 0.732. The SMILES string of the molecule is Cc1nn(CC(C)C)c(C)c1CCC(=O)N1CCN(CC(=O)NC2CC2)CC1. The summed E-state index contributed by atoms with van der Waals surface area (Å²) in [4.78, 5) is 28.7. The first-order valence-corrected chi connectivity index (χ1v) is 10.7. The van der Waals surface area contributed by atoms with Gasteiger partial charge in [0.25, 0.3) is 0 Å². The fourth-order valence-electron chi connectivity index (χ4n) is 3.87. The molecule has 1 aromatic heterocycles. The Hall–Kier alpha value is -1.89. The molecule has 28 heavy (non-hydrogen) atoms. The van der Waals surface area contributed by atoms with Gasteiger partial charge in [0.2, 0.25) is 11.8 Å². The molecule has 2 fully saturated rings. The van der Waals surface area contributed by atoms with E-state index in [4.69, 9.17) is 0 Å². The van der Waals surface area contributed by atoms with E-state index in [1.54, 1.807) is 0 Å². The Morgan fingerprint density at radius 3 is 2.43 bits per heavy atom. The smallest absolute Gasteiger partial charge is 0.234 e. The number of rotatable bonds is 8. The number of hydrogen-bond acceptors (Lipinski definition) is 4. The fraction of sp³-hybridized carbons (Fsp3) is 0.762. The van der Waals surface area contributed by atoms with E-state index >= 15 is 0 Å². The second kappa shape index (κ2) is 9.07. The van der Waals surface area contributed by atoms with Crippen LogP contribution in [-0.4, -0.2) is 70.2 Å². The van der Waals surface area contributed by atoms with Gasteiger partial charge >= 0.3 is 0 Å². The molecule has 0 radical (unpaired) electrons. The highest BCUT2D eigenvalue weighted by molar-refractivity contribution is 5.79. The van der Waals surface area contributed by atoms with Crippen LogP contribution in [0.1, 0.15) is 50.1 Å². The molecule has 156 valence electrons. The number of aromatic nitrogens is 2. The van der Waals surface area contributed by atoms with Crippen molar-refractivity contribution in [2.24, 2.45) is 5.92 Å². The molecule has 7 nitrogen and oxygen atoms in total. The van der Waals surface area contributed by atoms with Crippen molar-refractivity contribution in [3.63, 3.8) is 0 Å². The minimum atomic E-state index is 0.117. The van der Waals surface area contributed by atoms with Crippen LogP contribution in [0.15, 0.2) is 0 Å². The van der Waals surface area contributed by atoms with Crippen molar-refractivity contribution < 1.29 is 9.59 Å². The van der Waals surface area contributed by atoms with Crippen molar-refractivity contribution in [3.05, 3.63) is 17.0 Å². The average Bonchev–Trinajstić information content (AvgIpc) is 3.40. The number of piperazine rings is 1. The lowest BCUT2D eigenvalue weighted by Crippen LogP contribution is -2.51. The maximum absolute atomic E-state index is 12.7. The normalized spacial score (nSPS) is 18.0. The zero-order chi connectivity index (χ0) is 20.3. The van der Waals surface area contributed by atoms with Gasteiger partial charge in [0.1, 0.15) is 0 Å². The van der Waals surface area contributed by atoms with Crippen LogP contribution in [0.25, 0.3) is 0 Å². The van der Waals surface area contributed by atoms with Gasteiger partial charge in [0.05, 0.1) is 12.2 Å². The van der Waals surface area contributed by atoms with Gasteiger partial charge in [0, 0.05) is 50.9 Å². The fourth-order valence-corrected chi connectivity index (χ4v) is 3.87. The summed E-state index contributed by atoms with van der Waals surface area (Å²) in [5, 5.41) is 7.68. The van der Waals surface area contributed by atoms with Crippen LogP contribution in [0.2, 0.25) is 0 Å². The van der Waals surface area contributed by atoms with E-state index in [2.05, 4.69) is 40.8 Å². The van der Waals surface area contributed by atoms with E-state index in [-0.39, 0.29) is 11.8 Å². The summed E-state index contributed by atoms with van der Waals surface area (Å²) < 4.78 is 2.07. The molecule has 3 rings (SSSR count). The van der Waals surface area contributed by atoms with E-state index in [1.807, 2.05) is 11.8 Å². The van der Waals surface area contributed by atoms with E-state index < -0.39 is 0 Å². The molecule has 2 aliphatic rings. The van der Waals surface area contributed by atoms with Crippen molar-refractivity contribution in [3.8, 4) is 0 Å². The van der Waals surface area contributed by atoms with Crippen molar-refractivity contribution in [1.29, 1.82) is 0 Å². The summed E-state index contributed by atoms with van der Waals surface area (Å²) in [5.41, 5.74) is 3.44. The Morgan fingerprint density at radius 2 is 1.82 bits per heavy atom. The number of amides is 2. The minimum absolute atomic E-state index is 0.117. The molecular weight excluding hydrogens is 354 g/mol. The third-order valence-corrected chi connectivity index (χ3v) is 5.69. The maximum Gasteiger partial charge on any atom is 0.234 e. The van der Waals surface area contributed by atoms with Crippen LogP contribution in [0.3, 0.4) is 0 Å². The number of aryl methyl sites for hydroxylation is 1. The number of nitrogens with one attached hydrogen (secondary N) is 1. The largest absolute Gasteiger partial charge is 0.352 e. The zero-order valence-corrected chi connectivity index (χ0v) is 17.8. The third kappa shape index (κ3) is 5.56. The van der Waals surface area contributed by atoms with E-state index in [0.717, 1.165) is 44.6 Å². The van der Waals surface area contributed by atoms with E-state index in [0.29, 0.717) is 38.0 Å². The summed E-state index contributed by atoms with van der Waals surface area (Å²) in [7, 11) is 0. The maximum atomic E-state index is 12.7. The van der Waals surface area contributed by atoms with Crippen LogP contribution < -0.4 is 5.32 Å². The molecule has 0 unspecified atom stereocenters. The molecule has 1 aliphatic heterocycles. The van der Waals surface area contributed by atoms with Crippen LogP contribution in [0.4, 0.5) is 0 Å². The van der Waals surface area contributed by atoms with Crippen molar-refractivity contribution in [2.75, 3.05) is 32.7 Å². The molecule has 7 heteroatoms. The third-order valence-electron chi connectivity index (χ3n) is 5.69. The number of carbonyl (C=O) groups excluding carboxylic acids is 2. The second-order valence-electron chi connectivity index (χ2n) is 8.72. The Labute approximate surface area is 168 Å². The Morgan fingerprint density at radius 1 is 1.14 bits per heavy atom. The predicted octanol–water partition coefficient (Wildman–Crippen LogP) is 1.51. The summed E-state index contributed by atoms with van der Waals surface area (Å²) in [5.74, 6) is 0.874. The zero-order valence-electron chi connectivity index (χ0n) is 17.8. The van der Waals surface area contributed by atoms with Crippen molar-refractivity contribution in [2.45, 2.75) is 66.0 Å². The highest BCUT2D eigenvalue weighted by Gasteiger charge is 2.26. The minimum Gasteiger partial charge on any atom is -0.352 e. The Kier molecular flexibility index (Phi) is 6.75. The number of carbonyl (C=O) groups is 2. The molecule has 1 N–H and O–H groups in total. The lowest BCUT2D eigenvalue weighted by molar-refractivity contribution is -0.133. The molecule has 2 heterocycles. The van der Waals surface area contributed by atoms with Gasteiger partial charge in [0.15, 0.2) is 0 Å². The van der Waals surface area contributed by atoms with Crippen LogP contribution >= 0.6 is 0 Å². The first-order valence-electron chi connectivity index (χ1n) is 10.7. The summed E-state index contributed by atoms with van der Waals surface area (Å²) in [6, 6.07) is 0.409. The molecule has 0 aromatic carbocycles. The molecule has 1 saturated heterocycles. The topological polar surface area (TPSA) is 70.5 Å². The first-order chi connectivity index (χ1) is 13.3.